The lowest BCUT2D eigenvalue weighted by Gasteiger charge is -2.33. The lowest BCUT2D eigenvalue weighted by Crippen LogP contribution is -2.28. The topological polar surface area (TPSA) is 92.1 Å². The Morgan fingerprint density at radius 1 is 0.248 bits per heavy atom. The maximum Gasteiger partial charge on any atom is 0.238 e. The van der Waals surface area contributed by atoms with Crippen LogP contribution in [-0.2, 0) is 10.8 Å². The van der Waals surface area contributed by atoms with Gasteiger partial charge in [0.15, 0.2) is 29.1 Å². The zero-order valence-electron chi connectivity index (χ0n) is 59.6. The summed E-state index contributed by atoms with van der Waals surface area (Å²) in [6.07, 6.45) is 0. The Morgan fingerprint density at radius 2 is 0.679 bits per heavy atom. The van der Waals surface area contributed by atoms with E-state index in [2.05, 4.69) is 355 Å². The van der Waals surface area contributed by atoms with Gasteiger partial charge in [-0.25, -0.2) is 19.9 Å². The van der Waals surface area contributed by atoms with E-state index in [1.807, 2.05) is 30.3 Å². The maximum absolute atomic E-state index is 5.65. The van der Waals surface area contributed by atoms with Gasteiger partial charge in [0.1, 0.15) is 0 Å². The second kappa shape index (κ2) is 24.1. The molecule has 0 bridgehead atoms. The first kappa shape index (κ1) is 62.1. The van der Waals surface area contributed by atoms with Crippen LogP contribution in [0.5, 0.6) is 0 Å². The van der Waals surface area contributed by atoms with Gasteiger partial charge in [-0.15, -0.1) is 0 Å². The molecule has 0 fully saturated rings. The molecule has 0 aliphatic heterocycles. The minimum atomic E-state index is -0.645. The smallest absolute Gasteiger partial charge is 0.238 e. The van der Waals surface area contributed by atoms with Crippen LogP contribution in [0.15, 0.2) is 358 Å². The van der Waals surface area contributed by atoms with Crippen molar-refractivity contribution < 1.29 is 0 Å². The van der Waals surface area contributed by atoms with Crippen molar-refractivity contribution in [1.82, 2.24) is 43.6 Å². The maximum atomic E-state index is 5.65. The third kappa shape index (κ3) is 9.26. The van der Waals surface area contributed by atoms with Crippen LogP contribution in [-0.4, -0.2) is 43.6 Å². The Hall–Kier alpha value is -14.3. The standard InChI is InChI=1S/C100H65N9/c1-99(2)79-48-23-18-45-75(79)89-81(99)57-56-77-88-70(47-29-53-87(88)107(92(77)89)69-41-28-36-66(60-69)96-102-95(64-34-12-5-13-35-64)105-98(106-96)109-84-51-26-20-42-71(84)72-43-21-27-52-85(72)109)65-54-59-86(78(61-65)97-103-93(62-30-8-3-9-31-62)101-94(104-97)63-32-10-4-11-33-63)108-83-50-25-22-44-73(83)74-55-58-82-90(91(74)108)76-46-19-24-49-80(76)100(82,67-37-14-6-15-38-67)68-39-16-7-17-40-68/h3-61H,1-2H3. The van der Waals surface area contributed by atoms with Crippen LogP contribution < -0.4 is 0 Å². The molecule has 0 spiro atoms. The third-order valence-corrected chi connectivity index (χ3v) is 23.0. The van der Waals surface area contributed by atoms with Crippen LogP contribution in [0, 0.1) is 0 Å². The summed E-state index contributed by atoms with van der Waals surface area (Å²) in [4.78, 5) is 32.8. The first-order chi connectivity index (χ1) is 53.8. The number of aromatic nitrogens is 9. The third-order valence-electron chi connectivity index (χ3n) is 23.0. The molecule has 5 aromatic heterocycles. The first-order valence-electron chi connectivity index (χ1n) is 37.3. The Labute approximate surface area is 628 Å². The van der Waals surface area contributed by atoms with Gasteiger partial charge in [0.2, 0.25) is 5.95 Å². The number of nitrogens with zero attached hydrogens (tertiary/aromatic N) is 9. The predicted molar refractivity (Wildman–Crippen MR) is 444 cm³/mol. The van der Waals surface area contributed by atoms with Crippen molar-refractivity contribution in [2.24, 2.45) is 0 Å². The molecule has 0 saturated heterocycles. The highest BCUT2D eigenvalue weighted by Gasteiger charge is 2.48. The molecule has 109 heavy (non-hydrogen) atoms. The van der Waals surface area contributed by atoms with Crippen molar-refractivity contribution in [1.29, 1.82) is 0 Å². The summed E-state index contributed by atoms with van der Waals surface area (Å²) in [6, 6.07) is 129. The monoisotopic (exact) mass is 1390 g/mol. The lowest BCUT2D eigenvalue weighted by atomic mass is 9.67. The Balaban J connectivity index is 0.818. The second-order valence-corrected chi connectivity index (χ2v) is 29.2. The molecule has 510 valence electrons. The minimum absolute atomic E-state index is 0.292. The zero-order valence-corrected chi connectivity index (χ0v) is 59.6. The van der Waals surface area contributed by atoms with Gasteiger partial charge in [-0.05, 0) is 104 Å². The predicted octanol–water partition coefficient (Wildman–Crippen LogP) is 24.0. The van der Waals surface area contributed by atoms with E-state index in [1.165, 1.54) is 55.6 Å². The summed E-state index contributed by atoms with van der Waals surface area (Å²) in [5.74, 6) is 3.39. The summed E-state index contributed by atoms with van der Waals surface area (Å²) in [5.41, 5.74) is 26.1. The highest BCUT2D eigenvalue weighted by molar-refractivity contribution is 6.21. The van der Waals surface area contributed by atoms with Crippen LogP contribution in [0.3, 0.4) is 0 Å². The molecule has 9 nitrogen and oxygen atoms in total. The summed E-state index contributed by atoms with van der Waals surface area (Å²) < 4.78 is 7.20. The number of para-hydroxylation sites is 3. The summed E-state index contributed by atoms with van der Waals surface area (Å²) in [5, 5.41) is 6.79. The molecular formula is C100H65N9. The van der Waals surface area contributed by atoms with Crippen molar-refractivity contribution >= 4 is 65.4 Å². The molecule has 0 N–H and O–H groups in total. The van der Waals surface area contributed by atoms with Crippen LogP contribution in [0.2, 0.25) is 0 Å². The van der Waals surface area contributed by atoms with E-state index < -0.39 is 5.41 Å². The quantitative estimate of drug-likeness (QED) is 0.128. The molecule has 0 radical (unpaired) electrons. The van der Waals surface area contributed by atoms with Gasteiger partial charge >= 0.3 is 0 Å². The molecule has 20 aromatic rings. The van der Waals surface area contributed by atoms with Gasteiger partial charge in [-0.1, -0.05) is 323 Å². The van der Waals surface area contributed by atoms with E-state index in [-0.39, 0.29) is 5.41 Å². The van der Waals surface area contributed by atoms with E-state index >= 15 is 0 Å². The van der Waals surface area contributed by atoms with Crippen LogP contribution >= 0.6 is 0 Å². The largest absolute Gasteiger partial charge is 0.309 e. The van der Waals surface area contributed by atoms with E-state index in [4.69, 9.17) is 29.9 Å². The second-order valence-electron chi connectivity index (χ2n) is 29.2. The number of rotatable bonds is 11. The Kier molecular flexibility index (Phi) is 13.8. The summed E-state index contributed by atoms with van der Waals surface area (Å²) >= 11 is 0. The fourth-order valence-electron chi connectivity index (χ4n) is 18.3. The van der Waals surface area contributed by atoms with Gasteiger partial charge in [0, 0.05) is 82.4 Å². The van der Waals surface area contributed by atoms with Gasteiger partial charge in [0.05, 0.1) is 44.2 Å². The van der Waals surface area contributed by atoms with E-state index in [9.17, 15) is 0 Å². The van der Waals surface area contributed by atoms with Crippen molar-refractivity contribution in [2.45, 2.75) is 24.7 Å². The number of fused-ring (bicyclic) bond motifs is 17. The van der Waals surface area contributed by atoms with Crippen molar-refractivity contribution in [2.75, 3.05) is 0 Å². The Bertz CT molecular complexity index is 6970. The minimum Gasteiger partial charge on any atom is -0.309 e. The number of hydrogen-bond acceptors (Lipinski definition) is 6. The fourth-order valence-corrected chi connectivity index (χ4v) is 18.3. The molecule has 2 aliphatic rings. The summed E-state index contributed by atoms with van der Waals surface area (Å²) in [7, 11) is 0. The van der Waals surface area contributed by atoms with E-state index in [0.29, 0.717) is 35.1 Å². The first-order valence-corrected chi connectivity index (χ1v) is 37.3. The van der Waals surface area contributed by atoms with Gasteiger partial charge in [0.25, 0.3) is 0 Å². The van der Waals surface area contributed by atoms with Crippen LogP contribution in [0.25, 0.3) is 173 Å². The molecule has 0 saturated carbocycles. The molecular weight excluding hydrogens is 1330 g/mol. The van der Waals surface area contributed by atoms with E-state index in [0.717, 1.165) is 116 Å². The molecule has 0 unspecified atom stereocenters. The molecule has 22 rings (SSSR count). The molecule has 15 aromatic carbocycles. The molecule has 5 heterocycles. The van der Waals surface area contributed by atoms with Crippen molar-refractivity contribution in [3.8, 4) is 108 Å². The van der Waals surface area contributed by atoms with Gasteiger partial charge in [-0.2, -0.15) is 9.97 Å². The fraction of sp³-hybridized carbons (Fsp3) is 0.0400. The zero-order chi connectivity index (χ0) is 72.1. The number of hydrogen-bond donors (Lipinski definition) is 0. The SMILES string of the molecule is CC1(C)c2ccccc2-c2c1ccc1c3c(-c4ccc(-n5c6ccccc6c6ccc7c(c65)-c5ccccc5C7(c5ccccc5)c5ccccc5)c(-c5nc(-c6ccccc6)nc(-c6ccccc6)n5)c4)cccc3n(-c3cccc(-c4nc(-c5ccccc5)nc(-n5c6ccccc6c6ccccc65)n4)c3)c21. The molecule has 2 aliphatic carbocycles. The van der Waals surface area contributed by atoms with Crippen molar-refractivity contribution in [3.63, 3.8) is 0 Å². The van der Waals surface area contributed by atoms with Crippen LogP contribution in [0.1, 0.15) is 47.2 Å². The van der Waals surface area contributed by atoms with Crippen molar-refractivity contribution in [3.05, 3.63) is 391 Å². The average molecular weight is 1390 g/mol. The van der Waals surface area contributed by atoms with Gasteiger partial charge in [-0.3, -0.25) is 4.57 Å². The van der Waals surface area contributed by atoms with Gasteiger partial charge < -0.3 is 9.13 Å². The lowest BCUT2D eigenvalue weighted by molar-refractivity contribution is 0.661. The molecule has 0 atom stereocenters. The molecule has 0 amide bonds. The van der Waals surface area contributed by atoms with Crippen LogP contribution in [0.4, 0.5) is 0 Å². The average Bonchev–Trinajstić information content (AvgIpc) is 1.52. The molecule has 9 heteroatoms. The highest BCUT2D eigenvalue weighted by Crippen LogP contribution is 2.60. The van der Waals surface area contributed by atoms with E-state index in [1.54, 1.807) is 0 Å². The summed E-state index contributed by atoms with van der Waals surface area (Å²) in [6.45, 7) is 4.73. The number of benzene rings is 15. The normalized spacial score (nSPS) is 13.2. The Morgan fingerprint density at radius 3 is 1.29 bits per heavy atom. The highest BCUT2D eigenvalue weighted by atomic mass is 15.2.